The van der Waals surface area contributed by atoms with Gasteiger partial charge in [0.15, 0.2) is 9.84 Å². The van der Waals surface area contributed by atoms with E-state index >= 15 is 0 Å². The van der Waals surface area contributed by atoms with Crippen LogP contribution in [0.5, 0.6) is 0 Å². The number of rotatable bonds is 3. The molecule has 0 amide bonds. The zero-order valence-corrected chi connectivity index (χ0v) is 14.8. The number of aryl methyl sites for hydroxylation is 2. The molecule has 1 N–H and O–H groups in total. The van der Waals surface area contributed by atoms with Crippen LogP contribution in [-0.4, -0.2) is 45.4 Å². The summed E-state index contributed by atoms with van der Waals surface area (Å²) in [6, 6.07) is 5.08. The standard InChI is InChI=1S/C16H18N6O2S/c1-10-20-21-15-6-3-11(8-22(10)15)19-16-13-7-12(25(2,23)24)4-5-14(13)17-9-18-16/h4-5,7,9,11H,3,6,8H2,1-2H3,(H,17,18,19). The van der Waals surface area contributed by atoms with Crippen LogP contribution in [0, 0.1) is 6.92 Å². The molecule has 1 unspecified atom stereocenters. The van der Waals surface area contributed by atoms with Crippen LogP contribution in [0.25, 0.3) is 10.9 Å². The number of hydrogen-bond acceptors (Lipinski definition) is 7. The summed E-state index contributed by atoms with van der Waals surface area (Å²) in [7, 11) is -3.29. The zero-order valence-electron chi connectivity index (χ0n) is 14.0. The lowest BCUT2D eigenvalue weighted by Gasteiger charge is -2.25. The van der Waals surface area contributed by atoms with Gasteiger partial charge < -0.3 is 9.88 Å². The van der Waals surface area contributed by atoms with E-state index in [0.717, 1.165) is 31.0 Å². The molecule has 2 aromatic heterocycles. The summed E-state index contributed by atoms with van der Waals surface area (Å²) in [6.07, 6.45) is 4.44. The van der Waals surface area contributed by atoms with Gasteiger partial charge >= 0.3 is 0 Å². The first-order valence-corrected chi connectivity index (χ1v) is 9.91. The monoisotopic (exact) mass is 358 g/mol. The molecule has 1 aliphatic heterocycles. The van der Waals surface area contributed by atoms with Crippen LogP contribution in [0.15, 0.2) is 29.4 Å². The molecule has 1 aliphatic rings. The minimum absolute atomic E-state index is 0.169. The highest BCUT2D eigenvalue weighted by Crippen LogP contribution is 2.25. The third kappa shape index (κ3) is 2.95. The maximum atomic E-state index is 11.8. The molecule has 3 aromatic rings. The van der Waals surface area contributed by atoms with Crippen molar-refractivity contribution >= 4 is 26.6 Å². The summed E-state index contributed by atoms with van der Waals surface area (Å²) in [5.74, 6) is 2.55. The normalized spacial score (nSPS) is 17.4. The van der Waals surface area contributed by atoms with E-state index in [0.29, 0.717) is 16.7 Å². The van der Waals surface area contributed by atoms with E-state index in [2.05, 4.69) is 30.0 Å². The van der Waals surface area contributed by atoms with E-state index < -0.39 is 9.84 Å². The van der Waals surface area contributed by atoms with Gasteiger partial charge in [-0.1, -0.05) is 0 Å². The molecule has 0 saturated carbocycles. The van der Waals surface area contributed by atoms with Gasteiger partial charge in [-0.2, -0.15) is 0 Å². The molecule has 25 heavy (non-hydrogen) atoms. The van der Waals surface area contributed by atoms with Gasteiger partial charge in [-0.3, -0.25) is 0 Å². The fourth-order valence-electron chi connectivity index (χ4n) is 3.15. The van der Waals surface area contributed by atoms with Gasteiger partial charge in [0.05, 0.1) is 10.4 Å². The van der Waals surface area contributed by atoms with Crippen molar-refractivity contribution in [1.29, 1.82) is 0 Å². The van der Waals surface area contributed by atoms with Crippen LogP contribution in [0.2, 0.25) is 0 Å². The van der Waals surface area contributed by atoms with Gasteiger partial charge in [0.1, 0.15) is 23.8 Å². The molecule has 0 bridgehead atoms. The van der Waals surface area contributed by atoms with E-state index in [4.69, 9.17) is 0 Å². The van der Waals surface area contributed by atoms with Crippen LogP contribution in [0.1, 0.15) is 18.1 Å². The molecule has 130 valence electrons. The molecule has 0 saturated heterocycles. The number of aromatic nitrogens is 5. The number of nitrogens with one attached hydrogen (secondary N) is 1. The average Bonchev–Trinajstić information content (AvgIpc) is 2.95. The summed E-state index contributed by atoms with van der Waals surface area (Å²) >= 11 is 0. The van der Waals surface area contributed by atoms with Gasteiger partial charge in [0.25, 0.3) is 0 Å². The summed E-state index contributed by atoms with van der Waals surface area (Å²) in [4.78, 5) is 8.82. The molecule has 1 aromatic carbocycles. The van der Waals surface area contributed by atoms with Crippen LogP contribution in [0.4, 0.5) is 5.82 Å². The van der Waals surface area contributed by atoms with Gasteiger partial charge in [-0.15, -0.1) is 10.2 Å². The van der Waals surface area contributed by atoms with Gasteiger partial charge in [-0.25, -0.2) is 18.4 Å². The van der Waals surface area contributed by atoms with E-state index in [1.165, 1.54) is 12.6 Å². The Hall–Kier alpha value is -2.55. The summed E-state index contributed by atoms with van der Waals surface area (Å²) in [6.45, 7) is 2.70. The number of fused-ring (bicyclic) bond motifs is 2. The second kappa shape index (κ2) is 5.76. The van der Waals surface area contributed by atoms with E-state index in [1.54, 1.807) is 18.2 Å². The van der Waals surface area contributed by atoms with Crippen molar-refractivity contribution in [2.24, 2.45) is 0 Å². The lowest BCUT2D eigenvalue weighted by Crippen LogP contribution is -2.32. The lowest BCUT2D eigenvalue weighted by molar-refractivity contribution is 0.469. The molecule has 8 nitrogen and oxygen atoms in total. The van der Waals surface area contributed by atoms with Crippen molar-refractivity contribution in [3.05, 3.63) is 36.2 Å². The first-order valence-electron chi connectivity index (χ1n) is 8.02. The molecule has 0 fully saturated rings. The van der Waals surface area contributed by atoms with E-state index in [9.17, 15) is 8.42 Å². The summed E-state index contributed by atoms with van der Waals surface area (Å²) < 4.78 is 25.8. The molecule has 0 radical (unpaired) electrons. The van der Waals surface area contributed by atoms with Gasteiger partial charge in [-0.05, 0) is 31.5 Å². The highest BCUT2D eigenvalue weighted by Gasteiger charge is 2.22. The zero-order chi connectivity index (χ0) is 17.6. The first-order chi connectivity index (χ1) is 11.9. The Morgan fingerprint density at radius 3 is 2.88 bits per heavy atom. The first kappa shape index (κ1) is 15.9. The molecule has 0 aliphatic carbocycles. The SMILES string of the molecule is Cc1nnc2n1CC(Nc1ncnc3ccc(S(C)(=O)=O)cc13)CC2. The highest BCUT2D eigenvalue weighted by atomic mass is 32.2. The van der Waals surface area contributed by atoms with Crippen LogP contribution in [0.3, 0.4) is 0 Å². The summed E-state index contributed by atoms with van der Waals surface area (Å²) in [5.41, 5.74) is 0.710. The molecule has 1 atom stereocenters. The van der Waals surface area contributed by atoms with Crippen molar-refractivity contribution in [1.82, 2.24) is 24.7 Å². The third-order valence-electron chi connectivity index (χ3n) is 4.51. The molecule has 3 heterocycles. The van der Waals surface area contributed by atoms with Crippen LogP contribution in [-0.2, 0) is 22.8 Å². The molecule has 4 rings (SSSR count). The van der Waals surface area contributed by atoms with Crippen molar-refractivity contribution in [3.63, 3.8) is 0 Å². The molecular weight excluding hydrogens is 340 g/mol. The van der Waals surface area contributed by atoms with Crippen LogP contribution < -0.4 is 5.32 Å². The molecule has 9 heteroatoms. The van der Waals surface area contributed by atoms with Gasteiger partial charge in [0.2, 0.25) is 0 Å². The fourth-order valence-corrected chi connectivity index (χ4v) is 3.80. The predicted molar refractivity (Wildman–Crippen MR) is 93.1 cm³/mol. The second-order valence-electron chi connectivity index (χ2n) is 6.33. The van der Waals surface area contributed by atoms with Gasteiger partial charge in [0, 0.05) is 30.6 Å². The molecule has 0 spiro atoms. The Morgan fingerprint density at radius 1 is 1.24 bits per heavy atom. The highest BCUT2D eigenvalue weighted by molar-refractivity contribution is 7.90. The number of hydrogen-bond donors (Lipinski definition) is 1. The number of anilines is 1. The quantitative estimate of drug-likeness (QED) is 0.754. The Kier molecular flexibility index (Phi) is 3.68. The van der Waals surface area contributed by atoms with Crippen molar-refractivity contribution < 1.29 is 8.42 Å². The Morgan fingerprint density at radius 2 is 2.08 bits per heavy atom. The Bertz CT molecular complexity index is 1060. The number of benzene rings is 1. The minimum Gasteiger partial charge on any atom is -0.365 e. The molecular formula is C16H18N6O2S. The predicted octanol–water partition coefficient (Wildman–Crippen LogP) is 1.36. The lowest BCUT2D eigenvalue weighted by atomic mass is 10.1. The average molecular weight is 358 g/mol. The third-order valence-corrected chi connectivity index (χ3v) is 5.62. The van der Waals surface area contributed by atoms with Crippen molar-refractivity contribution in [2.45, 2.75) is 37.2 Å². The van der Waals surface area contributed by atoms with Crippen molar-refractivity contribution in [3.8, 4) is 0 Å². The van der Waals surface area contributed by atoms with E-state index in [-0.39, 0.29) is 10.9 Å². The maximum Gasteiger partial charge on any atom is 0.175 e. The largest absolute Gasteiger partial charge is 0.365 e. The van der Waals surface area contributed by atoms with Crippen LogP contribution >= 0.6 is 0 Å². The smallest absolute Gasteiger partial charge is 0.175 e. The fraction of sp³-hybridized carbons (Fsp3) is 0.375. The number of nitrogens with zero attached hydrogens (tertiary/aromatic N) is 5. The maximum absolute atomic E-state index is 11.8. The summed E-state index contributed by atoms with van der Waals surface area (Å²) in [5, 5.41) is 12.4. The van der Waals surface area contributed by atoms with Crippen molar-refractivity contribution in [2.75, 3.05) is 11.6 Å². The second-order valence-corrected chi connectivity index (χ2v) is 8.34. The Labute approximate surface area is 145 Å². The van der Waals surface area contributed by atoms with E-state index in [1.807, 2.05) is 6.92 Å². The minimum atomic E-state index is -3.29. The number of sulfone groups is 1. The topological polar surface area (TPSA) is 103 Å². The Balaban J connectivity index is 1.69.